The van der Waals surface area contributed by atoms with Crippen LogP contribution in [0.5, 0.6) is 0 Å². The number of rotatable bonds is 7. The van der Waals surface area contributed by atoms with Gasteiger partial charge >= 0.3 is 12.1 Å². The van der Waals surface area contributed by atoms with Gasteiger partial charge in [0.2, 0.25) is 0 Å². The van der Waals surface area contributed by atoms with Crippen molar-refractivity contribution >= 4 is 45.8 Å². The van der Waals surface area contributed by atoms with Gasteiger partial charge in [-0.2, -0.15) is 13.2 Å². The van der Waals surface area contributed by atoms with Crippen molar-refractivity contribution in [3.63, 3.8) is 0 Å². The highest BCUT2D eigenvalue weighted by molar-refractivity contribution is 7.16. The van der Waals surface area contributed by atoms with Crippen molar-refractivity contribution in [2.75, 3.05) is 36.4 Å². The van der Waals surface area contributed by atoms with E-state index in [1.807, 2.05) is 4.90 Å². The first kappa shape index (κ1) is 31.1. The van der Waals surface area contributed by atoms with Crippen LogP contribution in [0.4, 0.5) is 24.1 Å². The topological polar surface area (TPSA) is 112 Å². The third-order valence-electron chi connectivity index (χ3n) is 7.85. The molecule has 14 heteroatoms. The molecule has 5 rings (SSSR count). The van der Waals surface area contributed by atoms with Crippen LogP contribution in [0.2, 0.25) is 5.02 Å². The summed E-state index contributed by atoms with van der Waals surface area (Å²) in [6, 6.07) is 3.72. The molecule has 9 nitrogen and oxygen atoms in total. The van der Waals surface area contributed by atoms with Gasteiger partial charge < -0.3 is 10.0 Å². The number of carboxylic acids is 1. The molecule has 0 atom stereocenters. The number of amides is 1. The minimum Gasteiger partial charge on any atom is -0.481 e. The first-order valence-electron chi connectivity index (χ1n) is 14.0. The average molecular weight is 637 g/mol. The van der Waals surface area contributed by atoms with Gasteiger partial charge in [0.05, 0.1) is 34.6 Å². The molecule has 43 heavy (non-hydrogen) atoms. The fraction of sp³-hybridized carbons (Fsp3) is 0.483. The summed E-state index contributed by atoms with van der Waals surface area (Å²) in [5.41, 5.74) is -0.169. The van der Waals surface area contributed by atoms with Gasteiger partial charge in [0.25, 0.3) is 5.91 Å². The molecule has 0 bridgehead atoms. The number of anilines is 2. The largest absolute Gasteiger partial charge is 0.481 e. The Hall–Kier alpha value is -3.29. The van der Waals surface area contributed by atoms with E-state index in [4.69, 9.17) is 11.6 Å². The van der Waals surface area contributed by atoms with E-state index in [9.17, 15) is 27.9 Å². The van der Waals surface area contributed by atoms with Crippen LogP contribution in [0.15, 0.2) is 30.6 Å². The molecular weight excluding hydrogens is 605 g/mol. The van der Waals surface area contributed by atoms with Crippen LogP contribution in [0.3, 0.4) is 0 Å². The summed E-state index contributed by atoms with van der Waals surface area (Å²) in [5.74, 6) is -1.19. The Bertz CT molecular complexity index is 1490. The number of aliphatic carboxylic acids is 1. The van der Waals surface area contributed by atoms with E-state index in [1.165, 1.54) is 35.9 Å². The second kappa shape index (κ2) is 12.4. The molecule has 2 saturated heterocycles. The summed E-state index contributed by atoms with van der Waals surface area (Å²) in [4.78, 5) is 42.4. The molecule has 4 heterocycles. The number of nitrogens with zero attached hydrogens (tertiary/aromatic N) is 5. The zero-order valence-corrected chi connectivity index (χ0v) is 25.3. The maximum Gasteiger partial charge on any atom is 0.417 e. The number of benzene rings is 1. The molecule has 2 N–H and O–H groups in total. The Morgan fingerprint density at radius 3 is 2.53 bits per heavy atom. The normalized spacial score (nSPS) is 18.0. The highest BCUT2D eigenvalue weighted by atomic mass is 35.5. The zero-order chi connectivity index (χ0) is 30.9. The summed E-state index contributed by atoms with van der Waals surface area (Å²) in [6.45, 7) is 7.59. The Morgan fingerprint density at radius 2 is 1.91 bits per heavy atom. The fourth-order valence-electron chi connectivity index (χ4n) is 5.63. The third kappa shape index (κ3) is 7.44. The molecule has 230 valence electrons. The standard InChI is InChI=1S/C29H32ClF3N6O3S/c1-28(2)8-3-9-38(16-28)15-22-24(18-4-5-20(30)19(12-18)29(31,32)33)36-27(43-22)37-25(40)21-13-35-23(14-34-21)39-10-6-17(7-11-39)26(41)42/h4-5,12-14,17H,3,6-11,15-16H2,1-2H3,(H,41,42)(H,36,37,40). The second-order valence-electron chi connectivity index (χ2n) is 11.8. The molecule has 0 aliphatic carbocycles. The number of thiazole rings is 1. The second-order valence-corrected chi connectivity index (χ2v) is 13.3. The summed E-state index contributed by atoms with van der Waals surface area (Å²) in [6.07, 6.45) is 1.28. The lowest BCUT2D eigenvalue weighted by Gasteiger charge is -2.37. The Balaban J connectivity index is 1.36. The van der Waals surface area contributed by atoms with Gasteiger partial charge in [-0.3, -0.25) is 19.8 Å². The first-order valence-corrected chi connectivity index (χ1v) is 15.2. The predicted molar refractivity (Wildman–Crippen MR) is 158 cm³/mol. The Labute approximate surface area is 256 Å². The number of carbonyl (C=O) groups excluding carboxylic acids is 1. The molecular formula is C29H32ClF3N6O3S. The molecule has 0 unspecified atom stereocenters. The number of halogens is 4. The van der Waals surface area contributed by atoms with Gasteiger partial charge in [-0.05, 0) is 49.8 Å². The van der Waals surface area contributed by atoms with E-state index in [2.05, 4.69) is 39.0 Å². The van der Waals surface area contributed by atoms with Gasteiger partial charge in [-0.25, -0.2) is 15.0 Å². The minimum atomic E-state index is -4.63. The number of aromatic nitrogens is 3. The minimum absolute atomic E-state index is 0.0473. The highest BCUT2D eigenvalue weighted by Crippen LogP contribution is 2.40. The molecule has 2 fully saturated rings. The maximum atomic E-state index is 13.7. The molecule has 1 amide bonds. The van der Waals surface area contributed by atoms with Crippen molar-refractivity contribution < 1.29 is 27.9 Å². The number of piperidine rings is 2. The number of hydrogen-bond acceptors (Lipinski definition) is 8. The van der Waals surface area contributed by atoms with Gasteiger partial charge in [-0.1, -0.05) is 42.9 Å². The first-order chi connectivity index (χ1) is 20.3. The summed E-state index contributed by atoms with van der Waals surface area (Å²) in [7, 11) is 0. The predicted octanol–water partition coefficient (Wildman–Crippen LogP) is 6.45. The molecule has 2 aliphatic heterocycles. The fourth-order valence-corrected chi connectivity index (χ4v) is 6.87. The van der Waals surface area contributed by atoms with E-state index < -0.39 is 28.6 Å². The number of carbonyl (C=O) groups is 2. The van der Waals surface area contributed by atoms with Crippen molar-refractivity contribution in [2.24, 2.45) is 11.3 Å². The van der Waals surface area contributed by atoms with E-state index in [-0.39, 0.29) is 27.7 Å². The number of alkyl halides is 3. The van der Waals surface area contributed by atoms with Gasteiger partial charge in [0.15, 0.2) is 5.13 Å². The van der Waals surface area contributed by atoms with Gasteiger partial charge in [0, 0.05) is 36.6 Å². The van der Waals surface area contributed by atoms with E-state index in [1.54, 1.807) is 0 Å². The molecule has 0 spiro atoms. The number of carboxylic acid groups (broad SMARTS) is 1. The average Bonchev–Trinajstić information content (AvgIpc) is 3.33. The molecule has 2 aromatic heterocycles. The summed E-state index contributed by atoms with van der Waals surface area (Å²) >= 11 is 7.09. The molecule has 0 radical (unpaired) electrons. The van der Waals surface area contributed by atoms with Crippen LogP contribution >= 0.6 is 22.9 Å². The van der Waals surface area contributed by atoms with E-state index in [0.717, 1.165) is 36.9 Å². The van der Waals surface area contributed by atoms with Crippen LogP contribution in [0, 0.1) is 11.3 Å². The van der Waals surface area contributed by atoms with Crippen molar-refractivity contribution in [1.29, 1.82) is 0 Å². The lowest BCUT2D eigenvalue weighted by atomic mass is 9.84. The molecule has 1 aromatic carbocycles. The molecule has 3 aromatic rings. The van der Waals surface area contributed by atoms with Crippen LogP contribution in [0.25, 0.3) is 11.3 Å². The number of likely N-dealkylation sites (tertiary alicyclic amines) is 1. The van der Waals surface area contributed by atoms with E-state index >= 15 is 0 Å². The third-order valence-corrected chi connectivity index (χ3v) is 9.13. The lowest BCUT2D eigenvalue weighted by molar-refractivity contribution is -0.142. The lowest BCUT2D eigenvalue weighted by Crippen LogP contribution is -2.39. The SMILES string of the molecule is CC1(C)CCCN(Cc2sc(NC(=O)c3cnc(N4CCC(C(=O)O)CC4)cn3)nc2-c2ccc(Cl)c(C(F)(F)F)c2)C1. The smallest absolute Gasteiger partial charge is 0.417 e. The van der Waals surface area contributed by atoms with Gasteiger partial charge in [0.1, 0.15) is 11.5 Å². The van der Waals surface area contributed by atoms with Gasteiger partial charge in [-0.15, -0.1) is 0 Å². The van der Waals surface area contributed by atoms with E-state index in [0.29, 0.717) is 44.0 Å². The maximum absolute atomic E-state index is 13.7. The number of nitrogens with one attached hydrogen (secondary N) is 1. The Kier molecular flexibility index (Phi) is 8.96. The van der Waals surface area contributed by atoms with Crippen LogP contribution in [-0.2, 0) is 17.5 Å². The Morgan fingerprint density at radius 1 is 1.16 bits per heavy atom. The monoisotopic (exact) mass is 636 g/mol. The summed E-state index contributed by atoms with van der Waals surface area (Å²) < 4.78 is 41.0. The van der Waals surface area contributed by atoms with Crippen molar-refractivity contribution in [3.05, 3.63) is 51.7 Å². The molecule has 0 saturated carbocycles. The molecule has 2 aliphatic rings. The summed E-state index contributed by atoms with van der Waals surface area (Å²) in [5, 5.41) is 11.8. The quantitative estimate of drug-likeness (QED) is 0.305. The van der Waals surface area contributed by atoms with Crippen molar-refractivity contribution in [1.82, 2.24) is 19.9 Å². The highest BCUT2D eigenvalue weighted by Gasteiger charge is 2.34. The number of hydrogen-bond donors (Lipinski definition) is 2. The van der Waals surface area contributed by atoms with Crippen LogP contribution < -0.4 is 10.2 Å². The van der Waals surface area contributed by atoms with Crippen molar-refractivity contribution in [3.8, 4) is 11.3 Å². The van der Waals surface area contributed by atoms with Crippen LogP contribution in [-0.4, -0.2) is 63.0 Å². The zero-order valence-electron chi connectivity index (χ0n) is 23.7. The van der Waals surface area contributed by atoms with Crippen LogP contribution in [0.1, 0.15) is 60.5 Å². The van der Waals surface area contributed by atoms with Crippen molar-refractivity contribution in [2.45, 2.75) is 52.3 Å².